The number of halogens is 1. The van der Waals surface area contributed by atoms with Crippen LogP contribution in [0.1, 0.15) is 37.5 Å². The Morgan fingerprint density at radius 1 is 1.18 bits per heavy atom. The highest BCUT2D eigenvalue weighted by molar-refractivity contribution is 14.1. The molecule has 0 unspecified atom stereocenters. The molecule has 2 amide bonds. The molecule has 180 valence electrons. The number of hydrogen-bond donors (Lipinski definition) is 0. The first-order valence-corrected chi connectivity index (χ1v) is 12.7. The summed E-state index contributed by atoms with van der Waals surface area (Å²) in [5.74, 6) is 0.0202. The molecular formula is C25H26INO6S. The summed E-state index contributed by atoms with van der Waals surface area (Å²) in [7, 11) is 0. The molecule has 2 aromatic carbocycles. The molecule has 0 bridgehead atoms. The molecule has 3 rings (SSSR count). The fourth-order valence-electron chi connectivity index (χ4n) is 3.21. The highest BCUT2D eigenvalue weighted by atomic mass is 127. The highest BCUT2D eigenvalue weighted by Crippen LogP contribution is 2.38. The van der Waals surface area contributed by atoms with Crippen LogP contribution in [0.25, 0.3) is 6.08 Å². The van der Waals surface area contributed by atoms with Crippen molar-refractivity contribution in [3.05, 3.63) is 61.6 Å². The third-order valence-electron chi connectivity index (χ3n) is 4.79. The lowest BCUT2D eigenvalue weighted by Crippen LogP contribution is -2.35. The summed E-state index contributed by atoms with van der Waals surface area (Å²) in [6.07, 6.45) is 1.29. The van der Waals surface area contributed by atoms with Gasteiger partial charge in [-0.2, -0.15) is 0 Å². The average molecular weight is 595 g/mol. The van der Waals surface area contributed by atoms with Gasteiger partial charge >= 0.3 is 5.97 Å². The van der Waals surface area contributed by atoms with Crippen molar-refractivity contribution in [2.45, 2.75) is 40.4 Å². The van der Waals surface area contributed by atoms with Crippen LogP contribution in [0.2, 0.25) is 0 Å². The van der Waals surface area contributed by atoms with Crippen molar-refractivity contribution in [1.82, 2.24) is 4.90 Å². The number of esters is 1. The van der Waals surface area contributed by atoms with E-state index in [-0.39, 0.29) is 11.0 Å². The summed E-state index contributed by atoms with van der Waals surface area (Å²) in [5, 5.41) is -0.505. The highest BCUT2D eigenvalue weighted by Gasteiger charge is 2.36. The zero-order valence-corrected chi connectivity index (χ0v) is 22.4. The standard InChI is InChI=1S/C25H26INO6S/c1-5-31-20-11-17(10-19(26)23(20)32-14-18-9-7-6-8-16(18)4)12-21-24(29)27(25(30)34-21)13-22(28)33-15(2)3/h6-12,15H,5,13-14H2,1-4H3/b21-12-. The second-order valence-corrected chi connectivity index (χ2v) is 9.94. The Bertz CT molecular complexity index is 1130. The lowest BCUT2D eigenvalue weighted by molar-refractivity contribution is -0.149. The molecule has 0 spiro atoms. The third-order valence-corrected chi connectivity index (χ3v) is 6.50. The summed E-state index contributed by atoms with van der Waals surface area (Å²) in [6.45, 7) is 7.75. The molecule has 0 atom stereocenters. The quantitative estimate of drug-likeness (QED) is 0.213. The minimum Gasteiger partial charge on any atom is -0.490 e. The molecule has 0 aliphatic carbocycles. The van der Waals surface area contributed by atoms with Crippen molar-refractivity contribution in [2.75, 3.05) is 13.2 Å². The van der Waals surface area contributed by atoms with Crippen LogP contribution in [-0.4, -0.2) is 41.3 Å². The van der Waals surface area contributed by atoms with Crippen LogP contribution in [0, 0.1) is 10.5 Å². The second-order valence-electron chi connectivity index (χ2n) is 7.78. The Kier molecular flexibility index (Phi) is 9.01. The number of thioether (sulfide) groups is 1. The number of nitrogens with zero attached hydrogens (tertiary/aromatic N) is 1. The minimum atomic E-state index is -0.623. The van der Waals surface area contributed by atoms with Gasteiger partial charge in [0.15, 0.2) is 11.5 Å². The molecule has 9 heteroatoms. The van der Waals surface area contributed by atoms with Gasteiger partial charge < -0.3 is 14.2 Å². The van der Waals surface area contributed by atoms with Gasteiger partial charge in [-0.15, -0.1) is 0 Å². The Morgan fingerprint density at radius 3 is 2.59 bits per heavy atom. The van der Waals surface area contributed by atoms with Crippen molar-refractivity contribution in [2.24, 2.45) is 0 Å². The van der Waals surface area contributed by atoms with Crippen LogP contribution in [0.4, 0.5) is 4.79 Å². The van der Waals surface area contributed by atoms with Crippen molar-refractivity contribution in [3.63, 3.8) is 0 Å². The molecule has 0 saturated carbocycles. The minimum absolute atomic E-state index is 0.231. The Hall–Kier alpha value is -2.53. The Morgan fingerprint density at radius 2 is 1.91 bits per heavy atom. The molecule has 7 nitrogen and oxygen atoms in total. The van der Waals surface area contributed by atoms with Gasteiger partial charge in [0.2, 0.25) is 0 Å². The fraction of sp³-hybridized carbons (Fsp3) is 0.320. The third kappa shape index (κ3) is 6.53. The molecular weight excluding hydrogens is 569 g/mol. The Labute approximate surface area is 217 Å². The monoisotopic (exact) mass is 595 g/mol. The maximum absolute atomic E-state index is 12.7. The number of carbonyl (C=O) groups is 3. The molecule has 1 fully saturated rings. The van der Waals surface area contributed by atoms with E-state index in [4.69, 9.17) is 14.2 Å². The summed E-state index contributed by atoms with van der Waals surface area (Å²) in [4.78, 5) is 38.1. The molecule has 1 heterocycles. The van der Waals surface area contributed by atoms with E-state index in [9.17, 15) is 14.4 Å². The normalized spacial score (nSPS) is 14.8. The lowest BCUT2D eigenvalue weighted by Gasteiger charge is -2.16. The number of imide groups is 1. The van der Waals surface area contributed by atoms with Gasteiger partial charge in [0.25, 0.3) is 11.1 Å². The topological polar surface area (TPSA) is 82.1 Å². The van der Waals surface area contributed by atoms with E-state index >= 15 is 0 Å². The van der Waals surface area contributed by atoms with Crippen LogP contribution < -0.4 is 9.47 Å². The number of rotatable bonds is 9. The first-order chi connectivity index (χ1) is 16.2. The predicted octanol–water partition coefficient (Wildman–Crippen LogP) is 5.57. The molecule has 1 saturated heterocycles. The van der Waals surface area contributed by atoms with Gasteiger partial charge in [-0.25, -0.2) is 0 Å². The van der Waals surface area contributed by atoms with Crippen LogP contribution in [0.5, 0.6) is 11.5 Å². The van der Waals surface area contributed by atoms with Gasteiger partial charge in [0.1, 0.15) is 13.2 Å². The summed E-state index contributed by atoms with van der Waals surface area (Å²) in [5.41, 5.74) is 2.90. The summed E-state index contributed by atoms with van der Waals surface area (Å²) >= 11 is 2.96. The van der Waals surface area contributed by atoms with Crippen molar-refractivity contribution in [1.29, 1.82) is 0 Å². The van der Waals surface area contributed by atoms with E-state index in [1.54, 1.807) is 26.0 Å². The first kappa shape index (κ1) is 26.1. The molecule has 1 aliphatic heterocycles. The molecule has 0 aromatic heterocycles. The zero-order valence-electron chi connectivity index (χ0n) is 19.4. The fourth-order valence-corrected chi connectivity index (χ4v) is 4.83. The number of hydrogen-bond acceptors (Lipinski definition) is 7. The predicted molar refractivity (Wildman–Crippen MR) is 140 cm³/mol. The van der Waals surface area contributed by atoms with E-state index < -0.39 is 23.7 Å². The van der Waals surface area contributed by atoms with Crippen LogP contribution in [0.3, 0.4) is 0 Å². The van der Waals surface area contributed by atoms with Gasteiger partial charge in [-0.3, -0.25) is 19.3 Å². The number of amides is 2. The van der Waals surface area contributed by atoms with Crippen molar-refractivity contribution >= 4 is 57.5 Å². The van der Waals surface area contributed by atoms with Gasteiger partial charge in [0.05, 0.1) is 21.2 Å². The smallest absolute Gasteiger partial charge is 0.326 e. The van der Waals surface area contributed by atoms with E-state index in [1.807, 2.05) is 44.2 Å². The SMILES string of the molecule is CCOc1cc(/C=C2\SC(=O)N(CC(=O)OC(C)C)C2=O)cc(I)c1OCc1ccccc1C. The molecule has 2 aromatic rings. The number of carbonyl (C=O) groups excluding carboxylic acids is 3. The van der Waals surface area contributed by atoms with E-state index in [2.05, 4.69) is 22.6 Å². The first-order valence-electron chi connectivity index (χ1n) is 10.8. The maximum Gasteiger partial charge on any atom is 0.326 e. The number of aryl methyl sites for hydroxylation is 1. The van der Waals surface area contributed by atoms with Gasteiger partial charge in [-0.1, -0.05) is 24.3 Å². The van der Waals surface area contributed by atoms with E-state index in [1.165, 1.54) is 0 Å². The summed E-state index contributed by atoms with van der Waals surface area (Å²) < 4.78 is 17.8. The van der Waals surface area contributed by atoms with E-state index in [0.29, 0.717) is 30.3 Å². The molecule has 1 aliphatic rings. The number of ether oxygens (including phenoxy) is 3. The van der Waals surface area contributed by atoms with Crippen molar-refractivity contribution in [3.8, 4) is 11.5 Å². The van der Waals surface area contributed by atoms with E-state index in [0.717, 1.165) is 31.4 Å². The van der Waals surface area contributed by atoms with Crippen molar-refractivity contribution < 1.29 is 28.6 Å². The molecule has 0 radical (unpaired) electrons. The lowest BCUT2D eigenvalue weighted by atomic mass is 10.1. The van der Waals surface area contributed by atoms with Crippen LogP contribution >= 0.6 is 34.4 Å². The van der Waals surface area contributed by atoms with Crippen LogP contribution in [0.15, 0.2) is 41.3 Å². The number of benzene rings is 2. The average Bonchev–Trinajstić information content (AvgIpc) is 3.01. The zero-order chi connectivity index (χ0) is 24.8. The summed E-state index contributed by atoms with van der Waals surface area (Å²) in [6, 6.07) is 11.6. The molecule has 0 N–H and O–H groups in total. The Balaban J connectivity index is 1.82. The largest absolute Gasteiger partial charge is 0.490 e. The van der Waals surface area contributed by atoms with Gasteiger partial charge in [0, 0.05) is 0 Å². The maximum atomic E-state index is 12.7. The van der Waals surface area contributed by atoms with Crippen LogP contribution in [-0.2, 0) is 20.9 Å². The van der Waals surface area contributed by atoms with Gasteiger partial charge in [-0.05, 0) is 96.9 Å². The second kappa shape index (κ2) is 11.7. The molecule has 34 heavy (non-hydrogen) atoms.